The summed E-state index contributed by atoms with van der Waals surface area (Å²) in [7, 11) is -2.36. The van der Waals surface area contributed by atoms with Gasteiger partial charge in [-0.1, -0.05) is 18.2 Å². The molecule has 0 aliphatic heterocycles. The first-order chi connectivity index (χ1) is 10.9. The molecule has 126 valence electrons. The van der Waals surface area contributed by atoms with Crippen molar-refractivity contribution in [3.8, 4) is 5.75 Å². The second-order valence-electron chi connectivity index (χ2n) is 7.89. The molecule has 0 radical (unpaired) electrons. The molecule has 0 bridgehead atoms. The van der Waals surface area contributed by atoms with E-state index in [2.05, 4.69) is 6.92 Å². The number of hydrogen-bond donors (Lipinski definition) is 2. The number of aromatic hydroxyl groups is 1. The number of fused-ring (bicyclic) bond motifs is 5. The second kappa shape index (κ2) is 5.51. The highest BCUT2D eigenvalue weighted by molar-refractivity contribution is 7.80. The molecular formula is C18H24ClO3P. The van der Waals surface area contributed by atoms with Crippen LogP contribution < -0.4 is 5.30 Å². The zero-order valence-corrected chi connectivity index (χ0v) is 15.1. The molecular weight excluding hydrogens is 331 g/mol. The molecule has 0 heterocycles. The van der Waals surface area contributed by atoms with Crippen LogP contribution in [0.5, 0.6) is 5.75 Å². The first-order valence-electron chi connectivity index (χ1n) is 8.65. The van der Waals surface area contributed by atoms with E-state index < -0.39 is 7.15 Å². The van der Waals surface area contributed by atoms with Gasteiger partial charge in [0.1, 0.15) is 5.75 Å². The van der Waals surface area contributed by atoms with E-state index in [1.54, 1.807) is 6.07 Å². The summed E-state index contributed by atoms with van der Waals surface area (Å²) in [5.41, 5.74) is 2.32. The third-order valence-corrected chi connectivity index (χ3v) is 8.42. The van der Waals surface area contributed by atoms with Crippen molar-refractivity contribution in [3.63, 3.8) is 0 Å². The predicted octanol–water partition coefficient (Wildman–Crippen LogP) is 3.95. The smallest absolute Gasteiger partial charge is 0.186 e. The van der Waals surface area contributed by atoms with E-state index in [-0.39, 0.29) is 17.3 Å². The first kappa shape index (κ1) is 16.0. The lowest BCUT2D eigenvalue weighted by Crippen LogP contribution is -2.44. The molecule has 3 aliphatic carbocycles. The van der Waals surface area contributed by atoms with Gasteiger partial charge in [-0.05, 0) is 85.0 Å². The average molecular weight is 355 g/mol. The normalized spacial score (nSPS) is 40.1. The van der Waals surface area contributed by atoms with Crippen LogP contribution in [-0.4, -0.2) is 16.3 Å². The van der Waals surface area contributed by atoms with Crippen LogP contribution >= 0.6 is 18.4 Å². The molecule has 0 amide bonds. The van der Waals surface area contributed by atoms with Crippen LogP contribution in [0.25, 0.3) is 0 Å². The number of hydrogen-bond acceptors (Lipinski definition) is 3. The Morgan fingerprint density at radius 3 is 2.78 bits per heavy atom. The van der Waals surface area contributed by atoms with Crippen LogP contribution in [0.15, 0.2) is 12.1 Å². The average Bonchev–Trinajstić information content (AvgIpc) is 2.81. The maximum Gasteiger partial charge on any atom is 0.186 e. The summed E-state index contributed by atoms with van der Waals surface area (Å²) in [4.78, 5) is 0. The van der Waals surface area contributed by atoms with E-state index in [0.717, 1.165) is 49.7 Å². The van der Waals surface area contributed by atoms with Gasteiger partial charge in [0, 0.05) is 5.30 Å². The molecule has 6 atom stereocenters. The Kier molecular flexibility index (Phi) is 3.83. The van der Waals surface area contributed by atoms with Crippen molar-refractivity contribution in [1.29, 1.82) is 0 Å². The molecule has 2 fully saturated rings. The van der Waals surface area contributed by atoms with Gasteiger partial charge < -0.3 is 14.8 Å². The summed E-state index contributed by atoms with van der Waals surface area (Å²) in [6.45, 7) is 2.25. The van der Waals surface area contributed by atoms with Crippen molar-refractivity contribution < 1.29 is 14.8 Å². The number of benzene rings is 1. The number of aliphatic hydroxyl groups excluding tert-OH is 1. The van der Waals surface area contributed by atoms with Gasteiger partial charge in [-0.25, -0.2) is 0 Å². The quantitative estimate of drug-likeness (QED) is 0.751. The van der Waals surface area contributed by atoms with Crippen molar-refractivity contribution in [2.45, 2.75) is 57.5 Å². The van der Waals surface area contributed by atoms with Gasteiger partial charge in [0.2, 0.25) is 0 Å². The summed E-state index contributed by atoms with van der Waals surface area (Å²) in [6, 6.07) is 3.43. The molecule has 5 heteroatoms. The second-order valence-corrected chi connectivity index (χ2v) is 10.0. The SMILES string of the molecule is C[C@]12CC[C@@H]3c4c(cc(O)cc4[PH](=O)Cl)CC[C@H]3[C@@H]1CC[C@H]2O. The minimum Gasteiger partial charge on any atom is -0.508 e. The Balaban J connectivity index is 1.79. The van der Waals surface area contributed by atoms with Crippen molar-refractivity contribution in [2.75, 3.05) is 0 Å². The van der Waals surface area contributed by atoms with E-state index >= 15 is 0 Å². The van der Waals surface area contributed by atoms with Crippen molar-refractivity contribution in [2.24, 2.45) is 17.3 Å². The van der Waals surface area contributed by atoms with E-state index in [0.29, 0.717) is 23.1 Å². The fraction of sp³-hybridized carbons (Fsp3) is 0.667. The number of aliphatic hydroxyl groups is 1. The monoisotopic (exact) mass is 354 g/mol. The fourth-order valence-corrected chi connectivity index (χ4v) is 7.14. The van der Waals surface area contributed by atoms with Crippen LogP contribution in [-0.2, 0) is 11.0 Å². The Hall–Kier alpha value is -0.500. The van der Waals surface area contributed by atoms with Crippen LogP contribution in [0.4, 0.5) is 0 Å². The molecule has 1 unspecified atom stereocenters. The summed E-state index contributed by atoms with van der Waals surface area (Å²) < 4.78 is 12.1. The molecule has 2 saturated carbocycles. The molecule has 1 aromatic carbocycles. The molecule has 1 aromatic rings. The Bertz CT molecular complexity index is 676. The maximum absolute atomic E-state index is 12.1. The van der Waals surface area contributed by atoms with E-state index in [1.165, 1.54) is 0 Å². The third-order valence-electron chi connectivity index (χ3n) is 6.97. The molecule has 23 heavy (non-hydrogen) atoms. The summed E-state index contributed by atoms with van der Waals surface area (Å²) in [5, 5.41) is 21.0. The molecule has 0 spiro atoms. The van der Waals surface area contributed by atoms with Gasteiger partial charge >= 0.3 is 0 Å². The minimum absolute atomic E-state index is 0.0436. The molecule has 2 N–H and O–H groups in total. The lowest BCUT2D eigenvalue weighted by Gasteiger charge is -2.50. The highest BCUT2D eigenvalue weighted by atomic mass is 35.7. The lowest BCUT2D eigenvalue weighted by atomic mass is 9.55. The topological polar surface area (TPSA) is 57.5 Å². The summed E-state index contributed by atoms with van der Waals surface area (Å²) >= 11 is 6.00. The predicted molar refractivity (Wildman–Crippen MR) is 93.2 cm³/mol. The van der Waals surface area contributed by atoms with Crippen LogP contribution in [0.3, 0.4) is 0 Å². The van der Waals surface area contributed by atoms with Crippen molar-refractivity contribution >= 4 is 23.7 Å². The van der Waals surface area contributed by atoms with Crippen LogP contribution in [0.1, 0.15) is 56.1 Å². The van der Waals surface area contributed by atoms with E-state index in [1.807, 2.05) is 6.07 Å². The summed E-state index contributed by atoms with van der Waals surface area (Å²) in [5.74, 6) is 1.64. The standard InChI is InChI=1S/C18H24ClO3P/c1-18-7-6-13-12(14(18)4-5-16(18)21)3-2-10-8-11(20)9-15(17(10)13)23(19)22/h8-9,12-14,16,20-21,23H,2-7H2,1H3/t12-,13+,14+,16-,18+/m1/s1. The maximum atomic E-state index is 12.1. The minimum atomic E-state index is -2.36. The lowest BCUT2D eigenvalue weighted by molar-refractivity contribution is -0.0224. The van der Waals surface area contributed by atoms with Gasteiger partial charge in [0.15, 0.2) is 7.15 Å². The van der Waals surface area contributed by atoms with Gasteiger partial charge in [-0.3, -0.25) is 0 Å². The number of phenolic OH excluding ortho intramolecular Hbond substituents is 1. The van der Waals surface area contributed by atoms with Crippen molar-refractivity contribution in [3.05, 3.63) is 23.3 Å². The van der Waals surface area contributed by atoms with Gasteiger partial charge in [0.25, 0.3) is 0 Å². The largest absolute Gasteiger partial charge is 0.508 e. The van der Waals surface area contributed by atoms with E-state index in [4.69, 9.17) is 11.2 Å². The Morgan fingerprint density at radius 1 is 1.26 bits per heavy atom. The Morgan fingerprint density at radius 2 is 2.04 bits per heavy atom. The zero-order chi connectivity index (χ0) is 16.4. The van der Waals surface area contributed by atoms with Crippen LogP contribution in [0.2, 0.25) is 0 Å². The molecule has 4 rings (SSSR count). The van der Waals surface area contributed by atoms with Gasteiger partial charge in [-0.2, -0.15) is 0 Å². The molecule has 0 saturated heterocycles. The van der Waals surface area contributed by atoms with Gasteiger partial charge in [-0.15, -0.1) is 0 Å². The number of halogens is 1. The van der Waals surface area contributed by atoms with Crippen LogP contribution in [0, 0.1) is 17.3 Å². The highest BCUT2D eigenvalue weighted by Gasteiger charge is 2.54. The summed E-state index contributed by atoms with van der Waals surface area (Å²) in [6.07, 6.45) is 5.86. The highest BCUT2D eigenvalue weighted by Crippen LogP contribution is 2.61. The molecule has 3 aliphatic rings. The number of phenols is 1. The van der Waals surface area contributed by atoms with E-state index in [9.17, 15) is 14.8 Å². The van der Waals surface area contributed by atoms with Crippen molar-refractivity contribution in [1.82, 2.24) is 0 Å². The Labute approximate surface area is 142 Å². The zero-order valence-electron chi connectivity index (χ0n) is 13.4. The molecule has 0 aromatic heterocycles. The van der Waals surface area contributed by atoms with Gasteiger partial charge in [0.05, 0.1) is 6.10 Å². The first-order valence-corrected chi connectivity index (χ1v) is 11.1. The third kappa shape index (κ3) is 2.31. The fourth-order valence-electron chi connectivity index (χ4n) is 5.85. The number of aryl methyl sites for hydroxylation is 1. The molecule has 3 nitrogen and oxygen atoms in total. The number of rotatable bonds is 1.